The quantitative estimate of drug-likeness (QED) is 0.549. The molecule has 0 aromatic heterocycles. The largest absolute Gasteiger partial charge is 0.478 e. The van der Waals surface area contributed by atoms with E-state index >= 15 is 0 Å². The zero-order valence-electron chi connectivity index (χ0n) is 8.50. The van der Waals surface area contributed by atoms with Crippen LogP contribution in [0.2, 0.25) is 0 Å². The van der Waals surface area contributed by atoms with Crippen molar-refractivity contribution in [3.05, 3.63) is 35.9 Å². The molecule has 0 aliphatic carbocycles. The highest BCUT2D eigenvalue weighted by molar-refractivity contribution is 5.91. The van der Waals surface area contributed by atoms with E-state index in [2.05, 4.69) is 0 Å². The van der Waals surface area contributed by atoms with E-state index in [1.54, 1.807) is 0 Å². The predicted molar refractivity (Wildman–Crippen MR) is 56.2 cm³/mol. The van der Waals surface area contributed by atoms with Crippen LogP contribution in [0.5, 0.6) is 0 Å². The number of hydrogen-bond donors (Lipinski definition) is 1. The van der Waals surface area contributed by atoms with Crippen molar-refractivity contribution < 1.29 is 4.74 Å². The number of rotatable bonds is 2. The van der Waals surface area contributed by atoms with E-state index in [-0.39, 0.29) is 5.90 Å². The highest BCUT2D eigenvalue weighted by atomic mass is 16.5. The lowest BCUT2D eigenvalue weighted by molar-refractivity contribution is 0.325. The van der Waals surface area contributed by atoms with Gasteiger partial charge in [-0.25, -0.2) is 0 Å². The molecule has 0 radical (unpaired) electrons. The van der Waals surface area contributed by atoms with Gasteiger partial charge in [-0.15, -0.1) is 0 Å². The summed E-state index contributed by atoms with van der Waals surface area (Å²) < 4.78 is 5.01. The SMILES string of the molecule is CC.CCOC(=N)c1ccccc1. The van der Waals surface area contributed by atoms with E-state index in [1.165, 1.54) is 0 Å². The molecule has 0 spiro atoms. The maximum absolute atomic E-state index is 7.41. The third-order valence-electron chi connectivity index (χ3n) is 1.32. The third-order valence-corrected chi connectivity index (χ3v) is 1.32. The molecule has 0 amide bonds. The van der Waals surface area contributed by atoms with Gasteiger partial charge in [0.05, 0.1) is 6.61 Å². The van der Waals surface area contributed by atoms with Gasteiger partial charge in [-0.1, -0.05) is 32.0 Å². The van der Waals surface area contributed by atoms with E-state index in [4.69, 9.17) is 10.1 Å². The fourth-order valence-electron chi connectivity index (χ4n) is 0.817. The molecule has 0 fully saturated rings. The number of hydrogen-bond acceptors (Lipinski definition) is 2. The minimum absolute atomic E-state index is 0.244. The minimum atomic E-state index is 0.244. The second-order valence-electron chi connectivity index (χ2n) is 2.13. The Balaban J connectivity index is 0.000000671. The Hall–Kier alpha value is -1.31. The molecule has 2 nitrogen and oxygen atoms in total. The van der Waals surface area contributed by atoms with Crippen LogP contribution in [-0.2, 0) is 4.74 Å². The van der Waals surface area contributed by atoms with Crippen LogP contribution >= 0.6 is 0 Å². The Kier molecular flexibility index (Phi) is 6.60. The highest BCUT2D eigenvalue weighted by Gasteiger charge is 1.97. The molecule has 0 atom stereocenters. The average Bonchev–Trinajstić information content (AvgIpc) is 2.23. The first-order valence-corrected chi connectivity index (χ1v) is 4.61. The molecular formula is C11H17NO. The van der Waals surface area contributed by atoms with Gasteiger partial charge in [-0.2, -0.15) is 0 Å². The molecule has 72 valence electrons. The fraction of sp³-hybridized carbons (Fsp3) is 0.364. The zero-order valence-corrected chi connectivity index (χ0v) is 8.50. The van der Waals surface area contributed by atoms with Gasteiger partial charge < -0.3 is 4.74 Å². The molecule has 1 rings (SSSR count). The molecule has 0 unspecified atom stereocenters. The van der Waals surface area contributed by atoms with E-state index in [0.717, 1.165) is 5.56 Å². The van der Waals surface area contributed by atoms with Crippen LogP contribution in [0.4, 0.5) is 0 Å². The van der Waals surface area contributed by atoms with Crippen LogP contribution < -0.4 is 0 Å². The van der Waals surface area contributed by atoms with E-state index < -0.39 is 0 Å². The van der Waals surface area contributed by atoms with Gasteiger partial charge in [0.25, 0.3) is 0 Å². The van der Waals surface area contributed by atoms with Crippen LogP contribution in [0.1, 0.15) is 26.3 Å². The summed E-state index contributed by atoms with van der Waals surface area (Å²) in [6, 6.07) is 9.42. The van der Waals surface area contributed by atoms with Gasteiger partial charge in [-0.05, 0) is 19.1 Å². The van der Waals surface area contributed by atoms with Gasteiger partial charge >= 0.3 is 0 Å². The van der Waals surface area contributed by atoms with E-state index in [0.29, 0.717) is 6.61 Å². The third kappa shape index (κ3) is 4.31. The first-order valence-electron chi connectivity index (χ1n) is 4.61. The molecule has 1 aromatic carbocycles. The summed E-state index contributed by atoms with van der Waals surface area (Å²) in [6.45, 7) is 6.42. The molecule has 2 heteroatoms. The monoisotopic (exact) mass is 179 g/mol. The van der Waals surface area contributed by atoms with Crippen LogP contribution in [0, 0.1) is 5.41 Å². The molecule has 0 heterocycles. The summed E-state index contributed by atoms with van der Waals surface area (Å²) >= 11 is 0. The number of ether oxygens (including phenoxy) is 1. The minimum Gasteiger partial charge on any atom is -0.478 e. The van der Waals surface area contributed by atoms with Crippen molar-refractivity contribution in [2.75, 3.05) is 6.61 Å². The Morgan fingerprint density at radius 2 is 1.77 bits per heavy atom. The van der Waals surface area contributed by atoms with Gasteiger partial charge in [0.15, 0.2) is 0 Å². The predicted octanol–water partition coefficient (Wildman–Crippen LogP) is 3.07. The lowest BCUT2D eigenvalue weighted by atomic mass is 10.2. The summed E-state index contributed by atoms with van der Waals surface area (Å²) in [5.41, 5.74) is 0.828. The normalized spacial score (nSPS) is 8.23. The summed E-state index contributed by atoms with van der Waals surface area (Å²) in [4.78, 5) is 0. The fourth-order valence-corrected chi connectivity index (χ4v) is 0.817. The highest BCUT2D eigenvalue weighted by Crippen LogP contribution is 1.99. The first-order chi connectivity index (χ1) is 6.34. The summed E-state index contributed by atoms with van der Waals surface area (Å²) in [7, 11) is 0. The molecule has 0 aliphatic heterocycles. The summed E-state index contributed by atoms with van der Waals surface area (Å²) in [5, 5.41) is 7.41. The Morgan fingerprint density at radius 3 is 2.23 bits per heavy atom. The maximum atomic E-state index is 7.41. The molecule has 1 aromatic rings. The first kappa shape index (κ1) is 11.7. The molecule has 0 saturated heterocycles. The summed E-state index contributed by atoms with van der Waals surface area (Å²) in [5.74, 6) is 0.244. The maximum Gasteiger partial charge on any atom is 0.213 e. The Morgan fingerprint density at radius 1 is 1.23 bits per heavy atom. The van der Waals surface area contributed by atoms with Gasteiger partial charge in [-0.3, -0.25) is 5.41 Å². The topological polar surface area (TPSA) is 33.1 Å². The number of benzene rings is 1. The molecule has 13 heavy (non-hydrogen) atoms. The lowest BCUT2D eigenvalue weighted by Gasteiger charge is -2.02. The van der Waals surface area contributed by atoms with Gasteiger partial charge in [0.1, 0.15) is 0 Å². The van der Waals surface area contributed by atoms with Crippen molar-refractivity contribution in [3.63, 3.8) is 0 Å². The zero-order chi connectivity index (χ0) is 10.1. The average molecular weight is 179 g/mol. The van der Waals surface area contributed by atoms with Crippen molar-refractivity contribution in [2.45, 2.75) is 20.8 Å². The second kappa shape index (κ2) is 7.35. The smallest absolute Gasteiger partial charge is 0.213 e. The van der Waals surface area contributed by atoms with Crippen molar-refractivity contribution in [1.29, 1.82) is 5.41 Å². The summed E-state index contributed by atoms with van der Waals surface area (Å²) in [6.07, 6.45) is 0. The van der Waals surface area contributed by atoms with Crippen molar-refractivity contribution >= 4 is 5.90 Å². The molecular weight excluding hydrogens is 162 g/mol. The second-order valence-corrected chi connectivity index (χ2v) is 2.13. The Labute approximate surface area is 80.1 Å². The van der Waals surface area contributed by atoms with Crippen molar-refractivity contribution in [3.8, 4) is 0 Å². The lowest BCUT2D eigenvalue weighted by Crippen LogP contribution is -2.03. The van der Waals surface area contributed by atoms with Gasteiger partial charge in [0, 0.05) is 5.56 Å². The molecule has 0 saturated carbocycles. The molecule has 1 N–H and O–H groups in total. The van der Waals surface area contributed by atoms with Gasteiger partial charge in [0.2, 0.25) is 5.90 Å². The standard InChI is InChI=1S/C9H11NO.C2H6/c1-2-11-9(10)8-6-4-3-5-7-8;1-2/h3-7,10H,2H2,1H3;1-2H3. The molecule has 0 aliphatic rings. The molecule has 0 bridgehead atoms. The number of nitrogens with one attached hydrogen (secondary N) is 1. The van der Waals surface area contributed by atoms with E-state index in [1.807, 2.05) is 51.1 Å². The van der Waals surface area contributed by atoms with Crippen molar-refractivity contribution in [1.82, 2.24) is 0 Å². The van der Waals surface area contributed by atoms with E-state index in [9.17, 15) is 0 Å². The van der Waals surface area contributed by atoms with Crippen LogP contribution in [0.15, 0.2) is 30.3 Å². The van der Waals surface area contributed by atoms with Crippen LogP contribution in [0.25, 0.3) is 0 Å². The van der Waals surface area contributed by atoms with Crippen LogP contribution in [-0.4, -0.2) is 12.5 Å². The van der Waals surface area contributed by atoms with Crippen molar-refractivity contribution in [2.24, 2.45) is 0 Å². The Bertz CT molecular complexity index is 231. The van der Waals surface area contributed by atoms with Crippen LogP contribution in [0.3, 0.4) is 0 Å².